The molecule has 5 nitrogen and oxygen atoms in total. The van der Waals surface area contributed by atoms with Crippen LogP contribution in [-0.4, -0.2) is 49.2 Å². The molecule has 140 valence electrons. The fourth-order valence-electron chi connectivity index (χ4n) is 3.44. The van der Waals surface area contributed by atoms with Crippen LogP contribution in [0.15, 0.2) is 42.5 Å². The lowest BCUT2D eigenvalue weighted by atomic mass is 9.93. The highest BCUT2D eigenvalue weighted by Gasteiger charge is 2.30. The quantitative estimate of drug-likeness (QED) is 0.810. The molecule has 1 saturated heterocycles. The van der Waals surface area contributed by atoms with Crippen molar-refractivity contribution in [3.63, 3.8) is 0 Å². The monoisotopic (exact) mass is 373 g/mol. The average molecular weight is 374 g/mol. The molecule has 0 unspecified atom stereocenters. The van der Waals surface area contributed by atoms with Gasteiger partial charge in [0.1, 0.15) is 0 Å². The molecule has 1 aromatic heterocycles. The topological polar surface area (TPSA) is 53.5 Å². The van der Waals surface area contributed by atoms with Gasteiger partial charge >= 0.3 is 0 Å². The normalized spacial score (nSPS) is 16.9. The Balaban J connectivity index is 1.69. The Bertz CT molecular complexity index is 857. The van der Waals surface area contributed by atoms with Gasteiger partial charge in [0, 0.05) is 50.9 Å². The van der Waals surface area contributed by atoms with Crippen LogP contribution in [0.3, 0.4) is 0 Å². The first-order valence-electron chi connectivity index (χ1n) is 9.06. The third-order valence-corrected chi connectivity index (χ3v) is 7.06. The number of hydrogen-bond donors (Lipinski definition) is 0. The Morgan fingerprint density at radius 2 is 1.77 bits per heavy atom. The summed E-state index contributed by atoms with van der Waals surface area (Å²) in [5.41, 5.74) is 4.73. The lowest BCUT2D eigenvalue weighted by molar-refractivity contribution is 0.300. The molecule has 0 aliphatic carbocycles. The van der Waals surface area contributed by atoms with Crippen LogP contribution in [0.4, 0.5) is 0 Å². The SMILES string of the molecule is Cc1ccccc1Cc1cccc(C2CCN(S(=O)(=O)N(C)C)CC2)n1. The molecule has 0 N–H and O–H groups in total. The number of pyridine rings is 1. The van der Waals surface area contributed by atoms with Gasteiger partial charge in [0.05, 0.1) is 0 Å². The maximum atomic E-state index is 12.3. The summed E-state index contributed by atoms with van der Waals surface area (Å²) in [6.07, 6.45) is 2.45. The van der Waals surface area contributed by atoms with Gasteiger partial charge in [-0.1, -0.05) is 30.3 Å². The minimum absolute atomic E-state index is 0.320. The number of aromatic nitrogens is 1. The van der Waals surface area contributed by atoms with Crippen molar-refractivity contribution in [2.75, 3.05) is 27.2 Å². The van der Waals surface area contributed by atoms with Gasteiger partial charge in [-0.3, -0.25) is 4.98 Å². The predicted molar refractivity (Wildman–Crippen MR) is 104 cm³/mol. The third kappa shape index (κ3) is 4.14. The molecule has 0 saturated carbocycles. The van der Waals surface area contributed by atoms with E-state index in [4.69, 9.17) is 4.98 Å². The Kier molecular flexibility index (Phi) is 5.75. The molecule has 1 aliphatic rings. The zero-order valence-corrected chi connectivity index (χ0v) is 16.5. The van der Waals surface area contributed by atoms with Gasteiger partial charge in [-0.15, -0.1) is 0 Å². The first-order chi connectivity index (χ1) is 12.4. The van der Waals surface area contributed by atoms with Crippen LogP contribution >= 0.6 is 0 Å². The van der Waals surface area contributed by atoms with Gasteiger partial charge < -0.3 is 0 Å². The first-order valence-corrected chi connectivity index (χ1v) is 10.5. The molecule has 1 aliphatic heterocycles. The maximum absolute atomic E-state index is 12.3. The van der Waals surface area contributed by atoms with E-state index in [1.807, 2.05) is 0 Å². The maximum Gasteiger partial charge on any atom is 0.281 e. The molecule has 3 rings (SSSR count). The van der Waals surface area contributed by atoms with E-state index in [2.05, 4.69) is 49.4 Å². The summed E-state index contributed by atoms with van der Waals surface area (Å²) in [6, 6.07) is 14.6. The molecule has 0 amide bonds. The lowest BCUT2D eigenvalue weighted by Gasteiger charge is -2.32. The highest BCUT2D eigenvalue weighted by Crippen LogP contribution is 2.28. The van der Waals surface area contributed by atoms with Crippen LogP contribution in [0.5, 0.6) is 0 Å². The highest BCUT2D eigenvalue weighted by atomic mass is 32.2. The number of piperidine rings is 1. The van der Waals surface area contributed by atoms with Gasteiger partial charge in [-0.25, -0.2) is 0 Å². The van der Waals surface area contributed by atoms with Crippen molar-refractivity contribution in [3.8, 4) is 0 Å². The minimum atomic E-state index is -3.31. The van der Waals surface area contributed by atoms with Crippen molar-refractivity contribution >= 4 is 10.2 Å². The van der Waals surface area contributed by atoms with E-state index < -0.39 is 10.2 Å². The molecule has 0 spiro atoms. The molecule has 0 atom stereocenters. The third-order valence-electron chi connectivity index (χ3n) is 5.12. The van der Waals surface area contributed by atoms with Crippen LogP contribution in [0.25, 0.3) is 0 Å². The molecule has 0 radical (unpaired) electrons. The molecule has 0 bridgehead atoms. The van der Waals surface area contributed by atoms with Crippen molar-refractivity contribution in [1.29, 1.82) is 0 Å². The lowest BCUT2D eigenvalue weighted by Crippen LogP contribution is -2.44. The first kappa shape index (κ1) is 19.0. The average Bonchev–Trinajstić information content (AvgIpc) is 2.64. The summed E-state index contributed by atoms with van der Waals surface area (Å²) < 4.78 is 27.4. The summed E-state index contributed by atoms with van der Waals surface area (Å²) in [4.78, 5) is 4.88. The Morgan fingerprint density at radius 3 is 2.42 bits per heavy atom. The summed E-state index contributed by atoms with van der Waals surface area (Å²) in [6.45, 7) is 3.23. The van der Waals surface area contributed by atoms with E-state index in [1.54, 1.807) is 18.4 Å². The second-order valence-electron chi connectivity index (χ2n) is 7.12. The second kappa shape index (κ2) is 7.86. The summed E-state index contributed by atoms with van der Waals surface area (Å²) in [7, 11) is -0.150. The van der Waals surface area contributed by atoms with Crippen molar-refractivity contribution < 1.29 is 8.42 Å². The van der Waals surface area contributed by atoms with Gasteiger partial charge in [-0.2, -0.15) is 17.0 Å². The number of rotatable bonds is 5. The van der Waals surface area contributed by atoms with Gasteiger partial charge in [0.2, 0.25) is 0 Å². The molecule has 1 aromatic carbocycles. The highest BCUT2D eigenvalue weighted by molar-refractivity contribution is 7.86. The zero-order valence-electron chi connectivity index (χ0n) is 15.7. The Labute approximate surface area is 156 Å². The smallest absolute Gasteiger partial charge is 0.257 e. The number of aryl methyl sites for hydroxylation is 1. The largest absolute Gasteiger partial charge is 0.281 e. The molecule has 26 heavy (non-hydrogen) atoms. The van der Waals surface area contributed by atoms with E-state index >= 15 is 0 Å². The predicted octanol–water partition coefficient (Wildman–Crippen LogP) is 2.97. The molecule has 1 fully saturated rings. The standard InChI is InChI=1S/C20H27N3O2S/c1-16-7-4-5-8-18(16)15-19-9-6-10-20(21-19)17-11-13-23(14-12-17)26(24,25)22(2)3/h4-10,17H,11-15H2,1-3H3. The van der Waals surface area contributed by atoms with E-state index in [0.29, 0.717) is 19.0 Å². The molecule has 2 heterocycles. The Morgan fingerprint density at radius 1 is 1.08 bits per heavy atom. The van der Waals surface area contributed by atoms with Crippen LogP contribution < -0.4 is 0 Å². The summed E-state index contributed by atoms with van der Waals surface area (Å²) in [5, 5.41) is 0. The summed E-state index contributed by atoms with van der Waals surface area (Å²) in [5.74, 6) is 0.320. The van der Waals surface area contributed by atoms with Crippen LogP contribution in [0.1, 0.15) is 41.3 Å². The van der Waals surface area contributed by atoms with Gasteiger partial charge in [0.15, 0.2) is 0 Å². The van der Waals surface area contributed by atoms with Crippen LogP contribution in [-0.2, 0) is 16.6 Å². The van der Waals surface area contributed by atoms with Gasteiger partial charge in [-0.05, 0) is 43.0 Å². The van der Waals surface area contributed by atoms with Crippen molar-refractivity contribution in [2.24, 2.45) is 0 Å². The van der Waals surface area contributed by atoms with E-state index in [1.165, 1.54) is 15.4 Å². The van der Waals surface area contributed by atoms with E-state index in [-0.39, 0.29) is 0 Å². The number of hydrogen-bond acceptors (Lipinski definition) is 3. The van der Waals surface area contributed by atoms with Crippen molar-refractivity contribution in [2.45, 2.75) is 32.1 Å². The Hall–Kier alpha value is -1.76. The fourth-order valence-corrected chi connectivity index (χ4v) is 4.57. The van der Waals surface area contributed by atoms with Gasteiger partial charge in [0.25, 0.3) is 10.2 Å². The molecular weight excluding hydrogens is 346 g/mol. The van der Waals surface area contributed by atoms with E-state index in [0.717, 1.165) is 30.7 Å². The van der Waals surface area contributed by atoms with Crippen molar-refractivity contribution in [3.05, 3.63) is 65.0 Å². The summed E-state index contributed by atoms with van der Waals surface area (Å²) >= 11 is 0. The van der Waals surface area contributed by atoms with Crippen LogP contribution in [0.2, 0.25) is 0 Å². The molecule has 2 aromatic rings. The second-order valence-corrected chi connectivity index (χ2v) is 9.26. The fraction of sp³-hybridized carbons (Fsp3) is 0.450. The number of benzene rings is 1. The minimum Gasteiger partial charge on any atom is -0.257 e. The van der Waals surface area contributed by atoms with Crippen LogP contribution in [0, 0.1) is 6.92 Å². The zero-order chi connectivity index (χ0) is 18.7. The van der Waals surface area contributed by atoms with E-state index in [9.17, 15) is 8.42 Å². The number of nitrogens with zero attached hydrogens (tertiary/aromatic N) is 3. The molecule has 6 heteroatoms. The van der Waals surface area contributed by atoms with Crippen molar-refractivity contribution in [1.82, 2.24) is 13.6 Å². The molecular formula is C20H27N3O2S.